The monoisotopic (exact) mass is 498 g/mol. The summed E-state index contributed by atoms with van der Waals surface area (Å²) < 4.78 is 24.9. The second-order valence-corrected chi connectivity index (χ2v) is 10.0. The molecule has 0 amide bonds. The topological polar surface area (TPSA) is 96.2 Å². The van der Waals surface area contributed by atoms with Crippen molar-refractivity contribution >= 4 is 17.6 Å². The van der Waals surface area contributed by atoms with Crippen LogP contribution in [0.3, 0.4) is 0 Å². The molecule has 0 spiro atoms. The summed E-state index contributed by atoms with van der Waals surface area (Å²) in [4.78, 5) is 11.4. The Labute approximate surface area is 205 Å². The van der Waals surface area contributed by atoms with Crippen molar-refractivity contribution in [1.82, 2.24) is 0 Å². The Hall–Kier alpha value is -1.67. The number of fused-ring (bicyclic) bond motifs is 1. The summed E-state index contributed by atoms with van der Waals surface area (Å²) in [6, 6.07) is 4.02. The molecule has 2 fully saturated rings. The van der Waals surface area contributed by atoms with E-state index in [1.54, 1.807) is 6.08 Å². The van der Waals surface area contributed by atoms with Crippen molar-refractivity contribution in [2.75, 3.05) is 13.2 Å². The number of ether oxygens (including phenoxy) is 2. The Kier molecular flexibility index (Phi) is 10.2. The molecule has 1 aromatic rings. The van der Waals surface area contributed by atoms with Crippen LogP contribution in [0, 0.1) is 29.5 Å². The highest BCUT2D eigenvalue weighted by atomic mass is 35.5. The zero-order valence-corrected chi connectivity index (χ0v) is 20.4. The number of halogens is 2. The van der Waals surface area contributed by atoms with Gasteiger partial charge in [-0.15, -0.1) is 0 Å². The molecule has 0 radical (unpaired) electrons. The van der Waals surface area contributed by atoms with Gasteiger partial charge in [-0.3, -0.25) is 4.79 Å². The summed E-state index contributed by atoms with van der Waals surface area (Å²) in [5, 5.41) is 30.3. The lowest BCUT2D eigenvalue weighted by molar-refractivity contribution is -0.142. The Bertz CT molecular complexity index is 834. The van der Waals surface area contributed by atoms with Crippen LogP contribution < -0.4 is 4.74 Å². The molecule has 1 aliphatic carbocycles. The van der Waals surface area contributed by atoms with Gasteiger partial charge in [0.2, 0.25) is 0 Å². The van der Waals surface area contributed by atoms with Crippen LogP contribution in [0.2, 0.25) is 5.02 Å². The van der Waals surface area contributed by atoms with Crippen LogP contribution in [0.5, 0.6) is 5.75 Å². The number of rotatable bonds is 11. The smallest absolute Gasteiger partial charge is 0.306 e. The Morgan fingerprint density at radius 2 is 2.15 bits per heavy atom. The molecule has 1 unspecified atom stereocenters. The minimum absolute atomic E-state index is 0.0174. The van der Waals surface area contributed by atoms with E-state index in [1.165, 1.54) is 18.2 Å². The Morgan fingerprint density at radius 3 is 2.85 bits per heavy atom. The highest BCUT2D eigenvalue weighted by Crippen LogP contribution is 2.42. The number of hydrogen-bond donors (Lipinski definition) is 3. The van der Waals surface area contributed by atoms with E-state index in [9.17, 15) is 24.5 Å². The fraction of sp³-hybridized carbons (Fsp3) is 0.654. The quantitative estimate of drug-likeness (QED) is 0.377. The van der Waals surface area contributed by atoms with Gasteiger partial charge >= 0.3 is 5.97 Å². The average Bonchev–Trinajstić information content (AvgIpc) is 2.96. The molecule has 8 heteroatoms. The molecule has 190 valence electrons. The fourth-order valence-electron chi connectivity index (χ4n) is 5.18. The lowest BCUT2D eigenvalue weighted by Crippen LogP contribution is -2.22. The van der Waals surface area contributed by atoms with Gasteiger partial charge in [-0.2, -0.15) is 0 Å². The van der Waals surface area contributed by atoms with Crippen LogP contribution in [0.1, 0.15) is 51.9 Å². The van der Waals surface area contributed by atoms with Crippen LogP contribution in [-0.4, -0.2) is 52.8 Å². The van der Waals surface area contributed by atoms with Gasteiger partial charge in [0.1, 0.15) is 24.3 Å². The average molecular weight is 499 g/mol. The summed E-state index contributed by atoms with van der Waals surface area (Å²) >= 11 is 5.75. The molecule has 3 rings (SSSR count). The molecule has 3 N–H and O–H groups in total. The normalized spacial score (nSPS) is 28.9. The van der Waals surface area contributed by atoms with Gasteiger partial charge < -0.3 is 24.8 Å². The number of benzene rings is 1. The first-order valence-electron chi connectivity index (χ1n) is 12.2. The van der Waals surface area contributed by atoms with Crippen LogP contribution in [0.25, 0.3) is 0 Å². The van der Waals surface area contributed by atoms with E-state index in [-0.39, 0.29) is 35.5 Å². The summed E-state index contributed by atoms with van der Waals surface area (Å²) in [5.74, 6) is -0.808. The lowest BCUT2D eigenvalue weighted by Gasteiger charge is -2.21. The third-order valence-electron chi connectivity index (χ3n) is 7.12. The van der Waals surface area contributed by atoms with Crippen LogP contribution in [-0.2, 0) is 9.53 Å². The van der Waals surface area contributed by atoms with Crippen molar-refractivity contribution in [3.8, 4) is 5.75 Å². The molecular formula is C26H36ClFO6. The summed E-state index contributed by atoms with van der Waals surface area (Å²) in [6.45, 7) is 2.59. The second kappa shape index (κ2) is 12.9. The Balaban J connectivity index is 1.50. The largest absolute Gasteiger partial charge is 0.490 e. The van der Waals surface area contributed by atoms with Gasteiger partial charge in [0.05, 0.1) is 23.1 Å². The number of aliphatic carboxylic acids is 1. The van der Waals surface area contributed by atoms with Crippen molar-refractivity contribution in [1.29, 1.82) is 0 Å². The van der Waals surface area contributed by atoms with Crippen LogP contribution in [0.15, 0.2) is 30.4 Å². The van der Waals surface area contributed by atoms with Crippen molar-refractivity contribution in [3.63, 3.8) is 0 Å². The predicted octanol–water partition coefficient (Wildman–Crippen LogP) is 4.85. The van der Waals surface area contributed by atoms with Crippen LogP contribution >= 0.6 is 11.6 Å². The summed E-state index contributed by atoms with van der Waals surface area (Å²) in [6.07, 6.45) is 7.49. The predicted molar refractivity (Wildman–Crippen MR) is 127 cm³/mol. The van der Waals surface area contributed by atoms with E-state index in [2.05, 4.69) is 0 Å². The van der Waals surface area contributed by atoms with Crippen LogP contribution in [0.4, 0.5) is 4.39 Å². The van der Waals surface area contributed by atoms with Gasteiger partial charge in [0.15, 0.2) is 0 Å². The van der Waals surface area contributed by atoms with E-state index in [4.69, 9.17) is 21.1 Å². The molecule has 34 heavy (non-hydrogen) atoms. The van der Waals surface area contributed by atoms with Gasteiger partial charge in [0.25, 0.3) is 0 Å². The van der Waals surface area contributed by atoms with Crippen molar-refractivity contribution < 1.29 is 34.0 Å². The van der Waals surface area contributed by atoms with Gasteiger partial charge in [-0.25, -0.2) is 4.39 Å². The first-order valence-corrected chi connectivity index (χ1v) is 12.6. The molecule has 7 atom stereocenters. The summed E-state index contributed by atoms with van der Waals surface area (Å²) in [7, 11) is 0. The van der Waals surface area contributed by atoms with Crippen molar-refractivity contribution in [2.45, 2.75) is 70.2 Å². The third kappa shape index (κ3) is 7.41. The van der Waals surface area contributed by atoms with Gasteiger partial charge in [-0.1, -0.05) is 37.1 Å². The molecule has 6 nitrogen and oxygen atoms in total. The first kappa shape index (κ1) is 26.9. The minimum atomic E-state index is -0.888. The molecule has 1 aliphatic heterocycles. The van der Waals surface area contributed by atoms with E-state index in [0.29, 0.717) is 37.5 Å². The number of hydrogen-bond acceptors (Lipinski definition) is 5. The lowest BCUT2D eigenvalue weighted by atomic mass is 9.85. The molecule has 0 bridgehead atoms. The molecular weight excluding hydrogens is 463 g/mol. The zero-order chi connectivity index (χ0) is 24.7. The number of carboxylic acids is 1. The first-order chi connectivity index (χ1) is 16.3. The highest BCUT2D eigenvalue weighted by molar-refractivity contribution is 6.30. The third-order valence-corrected chi connectivity index (χ3v) is 7.41. The summed E-state index contributed by atoms with van der Waals surface area (Å²) in [5.41, 5.74) is 0. The second-order valence-electron chi connectivity index (χ2n) is 9.60. The van der Waals surface area contributed by atoms with Crippen molar-refractivity contribution in [3.05, 3.63) is 41.2 Å². The Morgan fingerprint density at radius 1 is 1.35 bits per heavy atom. The molecule has 1 saturated carbocycles. The maximum absolute atomic E-state index is 13.3. The van der Waals surface area contributed by atoms with E-state index < -0.39 is 24.0 Å². The zero-order valence-electron chi connectivity index (χ0n) is 19.6. The standard InChI is InChI=1S/C26H36ClFO6/c1-2-3-17(26(31)32)6-4-16-5-9-21-20(24(30)13-25(21)34-14-16)10-7-18(29)15-33-19-8-11-23(28)22(27)12-19/h7-8,10-12,16-18,20-21,24-25,29-30H,2-6,9,13-15H2,1H3,(H,31,32)/t16-,17?,18-,20-,21-,24-,25+/m1/s1. The van der Waals surface area contributed by atoms with Gasteiger partial charge in [0, 0.05) is 25.0 Å². The number of carbonyl (C=O) groups is 1. The van der Waals surface area contributed by atoms with E-state index in [1.807, 2.05) is 13.0 Å². The molecule has 2 aliphatic rings. The maximum atomic E-state index is 13.3. The SMILES string of the molecule is CCCC(CC[C@@H]1CC[C@@H]2[C@@H](C=C[C@@H](O)COc3ccc(F)c(Cl)c3)[C@H](O)C[C@@H]2OC1)C(=O)O. The number of carboxylic acid groups (broad SMARTS) is 1. The van der Waals surface area contributed by atoms with Gasteiger partial charge in [-0.05, 0) is 56.1 Å². The number of aliphatic hydroxyl groups is 2. The highest BCUT2D eigenvalue weighted by Gasteiger charge is 2.43. The molecule has 1 aromatic carbocycles. The van der Waals surface area contributed by atoms with E-state index >= 15 is 0 Å². The molecule has 1 heterocycles. The maximum Gasteiger partial charge on any atom is 0.306 e. The minimum Gasteiger partial charge on any atom is -0.490 e. The number of aliphatic hydroxyl groups excluding tert-OH is 2. The van der Waals surface area contributed by atoms with Crippen molar-refractivity contribution in [2.24, 2.45) is 23.7 Å². The molecule has 1 saturated heterocycles. The fourth-order valence-corrected chi connectivity index (χ4v) is 5.35. The molecule has 0 aromatic heterocycles. The van der Waals surface area contributed by atoms with E-state index in [0.717, 1.165) is 25.7 Å².